The zero-order chi connectivity index (χ0) is 17.1. The lowest BCUT2D eigenvalue weighted by Gasteiger charge is -2.24. The van der Waals surface area contributed by atoms with Crippen LogP contribution in [0.25, 0.3) is 0 Å². The van der Waals surface area contributed by atoms with Gasteiger partial charge in [0.25, 0.3) is 0 Å². The number of methoxy groups -OCH3 is 1. The smallest absolute Gasteiger partial charge is 0.239 e. The first-order chi connectivity index (χ1) is 11.6. The number of carbonyl (C=O) groups is 1. The first kappa shape index (κ1) is 16.4. The molecule has 2 N–H and O–H groups in total. The molecule has 0 aliphatic carbocycles. The van der Waals surface area contributed by atoms with Crippen LogP contribution in [0.4, 0.5) is 0 Å². The summed E-state index contributed by atoms with van der Waals surface area (Å²) in [4.78, 5) is 12.4. The van der Waals surface area contributed by atoms with E-state index in [1.54, 1.807) is 7.11 Å². The summed E-state index contributed by atoms with van der Waals surface area (Å²) >= 11 is 0. The number of nitrogens with zero attached hydrogens (tertiary/aromatic N) is 3. The van der Waals surface area contributed by atoms with Gasteiger partial charge < -0.3 is 14.6 Å². The highest BCUT2D eigenvalue weighted by Crippen LogP contribution is 2.19. The van der Waals surface area contributed by atoms with Crippen LogP contribution in [-0.2, 0) is 24.3 Å². The molecule has 1 aliphatic rings. The minimum absolute atomic E-state index is 0.000342. The molecular weight excluding hydrogens is 306 g/mol. The van der Waals surface area contributed by atoms with Crippen molar-refractivity contribution < 1.29 is 9.53 Å². The Hall–Kier alpha value is -2.41. The fourth-order valence-electron chi connectivity index (χ4n) is 2.98. The number of hydrogen-bond donors (Lipinski definition) is 2. The van der Waals surface area contributed by atoms with E-state index in [0.717, 1.165) is 29.4 Å². The van der Waals surface area contributed by atoms with Crippen molar-refractivity contribution in [2.24, 2.45) is 0 Å². The number of aromatic nitrogens is 3. The summed E-state index contributed by atoms with van der Waals surface area (Å²) in [5.41, 5.74) is 2.29. The Kier molecular flexibility index (Phi) is 4.80. The Balaban J connectivity index is 1.55. The topological polar surface area (TPSA) is 81.1 Å². The van der Waals surface area contributed by atoms with E-state index < -0.39 is 0 Å². The number of hydrogen-bond acceptors (Lipinski definition) is 5. The minimum atomic E-state index is -0.258. The van der Waals surface area contributed by atoms with Crippen molar-refractivity contribution in [2.75, 3.05) is 13.7 Å². The van der Waals surface area contributed by atoms with Crippen molar-refractivity contribution in [3.8, 4) is 5.75 Å². The lowest BCUT2D eigenvalue weighted by Crippen LogP contribution is -2.50. The molecule has 1 aromatic carbocycles. The van der Waals surface area contributed by atoms with E-state index >= 15 is 0 Å². The van der Waals surface area contributed by atoms with E-state index in [1.165, 1.54) is 5.56 Å². The molecule has 1 aliphatic heterocycles. The number of aryl methyl sites for hydroxylation is 2. The SMILES string of the molecule is COc1ccc(C)cc1CCNC(=O)C1Cn2c(C)nnc2CN1. The molecule has 2 heterocycles. The Morgan fingerprint density at radius 3 is 3.04 bits per heavy atom. The maximum atomic E-state index is 12.4. The van der Waals surface area contributed by atoms with Crippen LogP contribution in [-0.4, -0.2) is 40.4 Å². The number of nitrogens with one attached hydrogen (secondary N) is 2. The van der Waals surface area contributed by atoms with Crippen molar-refractivity contribution in [3.63, 3.8) is 0 Å². The molecule has 0 saturated carbocycles. The van der Waals surface area contributed by atoms with Crippen LogP contribution < -0.4 is 15.4 Å². The largest absolute Gasteiger partial charge is 0.496 e. The van der Waals surface area contributed by atoms with E-state index in [0.29, 0.717) is 19.6 Å². The Morgan fingerprint density at radius 2 is 2.25 bits per heavy atom. The van der Waals surface area contributed by atoms with Crippen molar-refractivity contribution >= 4 is 5.91 Å². The van der Waals surface area contributed by atoms with Gasteiger partial charge >= 0.3 is 0 Å². The average molecular weight is 329 g/mol. The Morgan fingerprint density at radius 1 is 1.42 bits per heavy atom. The normalized spacial score (nSPS) is 16.5. The van der Waals surface area contributed by atoms with Gasteiger partial charge in [0, 0.05) is 13.1 Å². The van der Waals surface area contributed by atoms with Gasteiger partial charge in [-0.1, -0.05) is 17.7 Å². The third-order valence-corrected chi connectivity index (χ3v) is 4.33. The van der Waals surface area contributed by atoms with Gasteiger partial charge in [0.2, 0.25) is 5.91 Å². The van der Waals surface area contributed by atoms with Gasteiger partial charge in [-0.25, -0.2) is 0 Å². The molecule has 0 radical (unpaired) electrons. The molecule has 1 aromatic heterocycles. The monoisotopic (exact) mass is 329 g/mol. The van der Waals surface area contributed by atoms with Crippen LogP contribution >= 0.6 is 0 Å². The van der Waals surface area contributed by atoms with E-state index in [2.05, 4.69) is 26.9 Å². The number of amides is 1. The van der Waals surface area contributed by atoms with Crippen molar-refractivity contribution in [2.45, 2.75) is 39.4 Å². The molecule has 0 fully saturated rings. The highest BCUT2D eigenvalue weighted by molar-refractivity contribution is 5.81. The number of fused-ring (bicyclic) bond motifs is 1. The van der Waals surface area contributed by atoms with Crippen molar-refractivity contribution in [1.82, 2.24) is 25.4 Å². The summed E-state index contributed by atoms with van der Waals surface area (Å²) < 4.78 is 7.37. The lowest BCUT2D eigenvalue weighted by atomic mass is 10.1. The van der Waals surface area contributed by atoms with Gasteiger partial charge in [-0.2, -0.15) is 0 Å². The molecule has 7 heteroatoms. The van der Waals surface area contributed by atoms with Gasteiger partial charge in [-0.05, 0) is 31.9 Å². The Bertz CT molecular complexity index is 741. The molecule has 1 atom stereocenters. The summed E-state index contributed by atoms with van der Waals surface area (Å²) in [6, 6.07) is 5.82. The van der Waals surface area contributed by atoms with Crippen molar-refractivity contribution in [3.05, 3.63) is 41.0 Å². The molecule has 0 spiro atoms. The van der Waals surface area contributed by atoms with Gasteiger partial charge in [0.05, 0.1) is 13.7 Å². The molecular formula is C17H23N5O2. The summed E-state index contributed by atoms with van der Waals surface area (Å²) in [7, 11) is 1.66. The second-order valence-electron chi connectivity index (χ2n) is 6.06. The molecule has 1 unspecified atom stereocenters. The first-order valence-corrected chi connectivity index (χ1v) is 8.11. The van der Waals surface area contributed by atoms with Gasteiger partial charge in [0.15, 0.2) is 0 Å². The van der Waals surface area contributed by atoms with Crippen LogP contribution in [0.1, 0.15) is 22.8 Å². The highest BCUT2D eigenvalue weighted by Gasteiger charge is 2.25. The first-order valence-electron chi connectivity index (χ1n) is 8.11. The molecule has 7 nitrogen and oxygen atoms in total. The fraction of sp³-hybridized carbons (Fsp3) is 0.471. The van der Waals surface area contributed by atoms with E-state index in [1.807, 2.05) is 30.5 Å². The number of carbonyl (C=O) groups excluding carboxylic acids is 1. The molecule has 2 aromatic rings. The third-order valence-electron chi connectivity index (χ3n) is 4.33. The van der Waals surface area contributed by atoms with Gasteiger partial charge in [-0.3, -0.25) is 10.1 Å². The summed E-state index contributed by atoms with van der Waals surface area (Å²) in [5, 5.41) is 14.3. The number of rotatable bonds is 5. The molecule has 128 valence electrons. The van der Waals surface area contributed by atoms with E-state index in [4.69, 9.17) is 4.74 Å². The maximum Gasteiger partial charge on any atom is 0.239 e. The van der Waals surface area contributed by atoms with Gasteiger partial charge in [-0.15, -0.1) is 10.2 Å². The number of benzene rings is 1. The zero-order valence-corrected chi connectivity index (χ0v) is 14.3. The standard InChI is InChI=1S/C17H23N5O2/c1-11-4-5-15(24-3)13(8-11)6-7-18-17(23)14-10-22-12(2)20-21-16(22)9-19-14/h4-5,8,14,19H,6-7,9-10H2,1-3H3,(H,18,23). The Labute approximate surface area is 141 Å². The van der Waals surface area contributed by atoms with E-state index in [9.17, 15) is 4.79 Å². The molecule has 1 amide bonds. The highest BCUT2D eigenvalue weighted by atomic mass is 16.5. The fourth-order valence-corrected chi connectivity index (χ4v) is 2.98. The quantitative estimate of drug-likeness (QED) is 0.845. The predicted molar refractivity (Wildman–Crippen MR) is 89.8 cm³/mol. The zero-order valence-electron chi connectivity index (χ0n) is 14.3. The number of ether oxygens (including phenoxy) is 1. The average Bonchev–Trinajstić information content (AvgIpc) is 2.95. The second kappa shape index (κ2) is 7.00. The van der Waals surface area contributed by atoms with Crippen LogP contribution in [0.15, 0.2) is 18.2 Å². The summed E-state index contributed by atoms with van der Waals surface area (Å²) in [6.07, 6.45) is 0.736. The molecule has 0 saturated heterocycles. The van der Waals surface area contributed by atoms with Crippen LogP contribution in [0.5, 0.6) is 5.75 Å². The van der Waals surface area contributed by atoms with Crippen LogP contribution in [0.2, 0.25) is 0 Å². The minimum Gasteiger partial charge on any atom is -0.496 e. The molecule has 24 heavy (non-hydrogen) atoms. The van der Waals surface area contributed by atoms with Crippen LogP contribution in [0, 0.1) is 13.8 Å². The summed E-state index contributed by atoms with van der Waals surface area (Å²) in [5.74, 6) is 2.57. The van der Waals surface area contributed by atoms with Crippen LogP contribution in [0.3, 0.4) is 0 Å². The predicted octanol–water partition coefficient (Wildman–Crippen LogP) is 0.734. The van der Waals surface area contributed by atoms with Gasteiger partial charge in [0.1, 0.15) is 23.4 Å². The summed E-state index contributed by atoms with van der Waals surface area (Å²) in [6.45, 7) is 5.65. The third kappa shape index (κ3) is 3.41. The molecule has 3 rings (SSSR count). The lowest BCUT2D eigenvalue weighted by molar-refractivity contribution is -0.123. The molecule has 0 bridgehead atoms. The maximum absolute atomic E-state index is 12.4. The van der Waals surface area contributed by atoms with E-state index in [-0.39, 0.29) is 11.9 Å². The second-order valence-corrected chi connectivity index (χ2v) is 6.06. The van der Waals surface area contributed by atoms with Crippen molar-refractivity contribution in [1.29, 1.82) is 0 Å².